The van der Waals surface area contributed by atoms with Crippen molar-refractivity contribution in [2.75, 3.05) is 33.9 Å². The summed E-state index contributed by atoms with van der Waals surface area (Å²) in [7, 11) is 3.46. The van der Waals surface area contributed by atoms with Gasteiger partial charge in [-0.15, -0.1) is 0 Å². The molecule has 29 heavy (non-hydrogen) atoms. The van der Waals surface area contributed by atoms with Crippen molar-refractivity contribution < 1.29 is 9.47 Å². The van der Waals surface area contributed by atoms with E-state index in [1.807, 2.05) is 18.2 Å². The molecule has 0 saturated heterocycles. The Balaban J connectivity index is 1.41. The highest BCUT2D eigenvalue weighted by atomic mass is 16.5. The Morgan fingerprint density at radius 3 is 2.79 bits per heavy atom. The van der Waals surface area contributed by atoms with Gasteiger partial charge in [0, 0.05) is 45.5 Å². The SMILES string of the molecule is CN=C(NCCCn1ccc2ccccc21)NCc1cccc(OCCOC)c1. The highest BCUT2D eigenvalue weighted by Gasteiger charge is 2.02. The quantitative estimate of drug-likeness (QED) is 0.314. The zero-order valence-electron chi connectivity index (χ0n) is 17.2. The Hall–Kier alpha value is -2.99. The third kappa shape index (κ3) is 6.26. The van der Waals surface area contributed by atoms with Crippen LogP contribution >= 0.6 is 0 Å². The number of benzene rings is 2. The number of aliphatic imine (C=N–C) groups is 1. The summed E-state index contributed by atoms with van der Waals surface area (Å²) in [5.74, 6) is 1.65. The lowest BCUT2D eigenvalue weighted by molar-refractivity contribution is 0.146. The normalized spacial score (nSPS) is 11.6. The van der Waals surface area contributed by atoms with Crippen LogP contribution in [-0.4, -0.2) is 44.4 Å². The minimum atomic E-state index is 0.549. The fraction of sp³-hybridized carbons (Fsp3) is 0.348. The molecule has 0 spiro atoms. The van der Waals surface area contributed by atoms with Crippen LogP contribution in [0.25, 0.3) is 10.9 Å². The van der Waals surface area contributed by atoms with E-state index in [0.29, 0.717) is 19.8 Å². The second-order valence-electron chi connectivity index (χ2n) is 6.76. The highest BCUT2D eigenvalue weighted by molar-refractivity contribution is 5.80. The van der Waals surface area contributed by atoms with Crippen LogP contribution in [0.3, 0.4) is 0 Å². The Labute approximate surface area is 172 Å². The van der Waals surface area contributed by atoms with Crippen LogP contribution < -0.4 is 15.4 Å². The molecule has 154 valence electrons. The molecule has 0 atom stereocenters. The topological polar surface area (TPSA) is 59.8 Å². The van der Waals surface area contributed by atoms with Gasteiger partial charge in [0.05, 0.1) is 6.61 Å². The second kappa shape index (κ2) is 11.1. The first-order chi connectivity index (χ1) is 14.3. The Morgan fingerprint density at radius 2 is 1.93 bits per heavy atom. The molecule has 0 bridgehead atoms. The van der Waals surface area contributed by atoms with Crippen molar-refractivity contribution in [3.05, 3.63) is 66.4 Å². The van der Waals surface area contributed by atoms with E-state index in [1.165, 1.54) is 10.9 Å². The zero-order valence-corrected chi connectivity index (χ0v) is 17.2. The lowest BCUT2D eigenvalue weighted by Gasteiger charge is -2.13. The predicted octanol–water partition coefficient (Wildman–Crippen LogP) is 3.42. The molecule has 6 nitrogen and oxygen atoms in total. The number of hydrogen-bond donors (Lipinski definition) is 2. The number of aromatic nitrogens is 1. The summed E-state index contributed by atoms with van der Waals surface area (Å²) in [5, 5.41) is 8.02. The molecule has 2 N–H and O–H groups in total. The molecule has 0 amide bonds. The fourth-order valence-electron chi connectivity index (χ4n) is 3.19. The summed E-state index contributed by atoms with van der Waals surface area (Å²) in [5.41, 5.74) is 2.42. The number of aryl methyl sites for hydroxylation is 1. The van der Waals surface area contributed by atoms with Crippen molar-refractivity contribution in [1.82, 2.24) is 15.2 Å². The molecule has 3 aromatic rings. The first-order valence-corrected chi connectivity index (χ1v) is 9.99. The molecule has 0 saturated carbocycles. The van der Waals surface area contributed by atoms with Gasteiger partial charge in [-0.05, 0) is 41.6 Å². The summed E-state index contributed by atoms with van der Waals surface area (Å²) >= 11 is 0. The summed E-state index contributed by atoms with van der Waals surface area (Å²) in [6, 6.07) is 18.7. The third-order valence-corrected chi connectivity index (χ3v) is 4.69. The molecular weight excluding hydrogens is 364 g/mol. The van der Waals surface area contributed by atoms with Gasteiger partial charge in [0.15, 0.2) is 5.96 Å². The van der Waals surface area contributed by atoms with Crippen LogP contribution in [0.1, 0.15) is 12.0 Å². The molecule has 3 rings (SSSR count). The van der Waals surface area contributed by atoms with Crippen molar-refractivity contribution in [2.24, 2.45) is 4.99 Å². The van der Waals surface area contributed by atoms with Gasteiger partial charge >= 0.3 is 0 Å². The summed E-state index contributed by atoms with van der Waals surface area (Å²) < 4.78 is 13.0. The van der Waals surface area contributed by atoms with Gasteiger partial charge < -0.3 is 24.7 Å². The Kier molecular flexibility index (Phi) is 7.95. The number of methoxy groups -OCH3 is 1. The van der Waals surface area contributed by atoms with E-state index >= 15 is 0 Å². The average Bonchev–Trinajstić information content (AvgIpc) is 3.17. The summed E-state index contributed by atoms with van der Waals surface area (Å²) in [4.78, 5) is 4.31. The van der Waals surface area contributed by atoms with Crippen molar-refractivity contribution in [1.29, 1.82) is 0 Å². The average molecular weight is 395 g/mol. The number of hydrogen-bond acceptors (Lipinski definition) is 3. The van der Waals surface area contributed by atoms with Gasteiger partial charge in [-0.2, -0.15) is 0 Å². The lowest BCUT2D eigenvalue weighted by Crippen LogP contribution is -2.37. The maximum atomic E-state index is 5.66. The smallest absolute Gasteiger partial charge is 0.191 e. The molecule has 0 fully saturated rings. The number of nitrogens with one attached hydrogen (secondary N) is 2. The molecule has 1 heterocycles. The van der Waals surface area contributed by atoms with Gasteiger partial charge in [-0.25, -0.2) is 0 Å². The van der Waals surface area contributed by atoms with E-state index in [9.17, 15) is 0 Å². The van der Waals surface area contributed by atoms with E-state index in [-0.39, 0.29) is 0 Å². The van der Waals surface area contributed by atoms with E-state index in [1.54, 1.807) is 14.2 Å². The number of guanidine groups is 1. The second-order valence-corrected chi connectivity index (χ2v) is 6.76. The number of para-hydroxylation sites is 1. The first-order valence-electron chi connectivity index (χ1n) is 9.99. The van der Waals surface area contributed by atoms with Gasteiger partial charge in [-0.1, -0.05) is 30.3 Å². The number of rotatable bonds is 10. The zero-order chi connectivity index (χ0) is 20.3. The molecule has 1 aromatic heterocycles. The van der Waals surface area contributed by atoms with Crippen LogP contribution in [0.5, 0.6) is 5.75 Å². The standard InChI is InChI=1S/C23H30N4O2/c1-24-23(26-18-19-7-5-9-21(17-19)29-16-15-28-2)25-12-6-13-27-14-11-20-8-3-4-10-22(20)27/h3-5,7-11,14,17H,6,12-13,15-16,18H2,1-2H3,(H2,24,25,26). The van der Waals surface area contributed by atoms with E-state index in [0.717, 1.165) is 36.8 Å². The third-order valence-electron chi connectivity index (χ3n) is 4.69. The van der Waals surface area contributed by atoms with Gasteiger partial charge in [-0.3, -0.25) is 4.99 Å². The molecule has 0 aliphatic carbocycles. The first kappa shape index (κ1) is 20.7. The van der Waals surface area contributed by atoms with Crippen molar-refractivity contribution in [3.8, 4) is 5.75 Å². The monoisotopic (exact) mass is 394 g/mol. The van der Waals surface area contributed by atoms with Crippen molar-refractivity contribution in [3.63, 3.8) is 0 Å². The predicted molar refractivity (Wildman–Crippen MR) is 119 cm³/mol. The fourth-order valence-corrected chi connectivity index (χ4v) is 3.19. The van der Waals surface area contributed by atoms with E-state index in [4.69, 9.17) is 9.47 Å². The van der Waals surface area contributed by atoms with Gasteiger partial charge in [0.1, 0.15) is 12.4 Å². The number of fused-ring (bicyclic) bond motifs is 1. The summed E-state index contributed by atoms with van der Waals surface area (Å²) in [6.45, 7) is 3.64. The van der Waals surface area contributed by atoms with Crippen molar-refractivity contribution >= 4 is 16.9 Å². The van der Waals surface area contributed by atoms with Crippen LogP contribution in [0, 0.1) is 0 Å². The van der Waals surface area contributed by atoms with E-state index < -0.39 is 0 Å². The lowest BCUT2D eigenvalue weighted by atomic mass is 10.2. The maximum Gasteiger partial charge on any atom is 0.191 e. The minimum absolute atomic E-state index is 0.549. The summed E-state index contributed by atoms with van der Waals surface area (Å²) in [6.07, 6.45) is 3.17. The van der Waals surface area contributed by atoms with E-state index in [2.05, 4.69) is 62.8 Å². The molecule has 0 aliphatic rings. The maximum absolute atomic E-state index is 5.66. The Bertz CT molecular complexity index is 920. The van der Waals surface area contributed by atoms with Gasteiger partial charge in [0.2, 0.25) is 0 Å². The highest BCUT2D eigenvalue weighted by Crippen LogP contribution is 2.15. The molecule has 0 aliphatic heterocycles. The number of ether oxygens (including phenoxy) is 2. The molecular formula is C23H30N4O2. The number of nitrogens with zero attached hydrogens (tertiary/aromatic N) is 2. The minimum Gasteiger partial charge on any atom is -0.491 e. The van der Waals surface area contributed by atoms with Crippen LogP contribution in [0.2, 0.25) is 0 Å². The molecule has 0 unspecified atom stereocenters. The van der Waals surface area contributed by atoms with Crippen molar-refractivity contribution in [2.45, 2.75) is 19.5 Å². The van der Waals surface area contributed by atoms with Crippen LogP contribution in [0.4, 0.5) is 0 Å². The largest absolute Gasteiger partial charge is 0.491 e. The van der Waals surface area contributed by atoms with Gasteiger partial charge in [0.25, 0.3) is 0 Å². The molecule has 6 heteroatoms. The Morgan fingerprint density at radius 1 is 1.03 bits per heavy atom. The molecule has 2 aromatic carbocycles. The molecule has 0 radical (unpaired) electrons. The van der Waals surface area contributed by atoms with Crippen LogP contribution in [0.15, 0.2) is 65.8 Å². The van der Waals surface area contributed by atoms with Crippen LogP contribution in [-0.2, 0) is 17.8 Å².